The van der Waals surface area contributed by atoms with Crippen LogP contribution < -0.4 is 5.32 Å². The Hall–Kier alpha value is -1.43. The molecule has 0 aliphatic rings. The summed E-state index contributed by atoms with van der Waals surface area (Å²) in [7, 11) is 0. The third-order valence-corrected chi connectivity index (χ3v) is 8.20. The van der Waals surface area contributed by atoms with Crippen molar-refractivity contribution in [2.45, 2.75) is 193 Å². The highest BCUT2D eigenvalue weighted by Gasteiger charge is 2.22. The van der Waals surface area contributed by atoms with E-state index in [0.29, 0.717) is 6.42 Å². The Morgan fingerprint density at radius 1 is 0.558 bits per heavy atom. The van der Waals surface area contributed by atoms with E-state index >= 15 is 0 Å². The first kappa shape index (κ1) is 41.6. The Morgan fingerprint density at radius 3 is 1.49 bits per heavy atom. The van der Waals surface area contributed by atoms with Crippen molar-refractivity contribution in [1.82, 2.24) is 5.32 Å². The summed E-state index contributed by atoms with van der Waals surface area (Å²) in [6.07, 6.45) is 40.3. The molecule has 4 N–H and O–H groups in total. The third kappa shape index (κ3) is 29.1. The van der Waals surface area contributed by atoms with Gasteiger partial charge in [0.25, 0.3) is 0 Å². The van der Waals surface area contributed by atoms with Crippen LogP contribution in [0.15, 0.2) is 36.5 Å². The number of unbranched alkanes of at least 4 members (excludes halogenated alkanes) is 20. The molecule has 0 heterocycles. The monoisotopic (exact) mass is 606 g/mol. The van der Waals surface area contributed by atoms with Crippen molar-refractivity contribution in [3.63, 3.8) is 0 Å². The predicted octanol–water partition coefficient (Wildman–Crippen LogP) is 9.65. The number of nitrogens with one attached hydrogen (secondary N) is 1. The van der Waals surface area contributed by atoms with E-state index in [4.69, 9.17) is 0 Å². The second kappa shape index (κ2) is 33.5. The van der Waals surface area contributed by atoms with Gasteiger partial charge < -0.3 is 20.6 Å². The molecule has 3 atom stereocenters. The van der Waals surface area contributed by atoms with Crippen LogP contribution in [-0.2, 0) is 4.79 Å². The van der Waals surface area contributed by atoms with E-state index in [1.165, 1.54) is 96.3 Å². The number of carbonyl (C=O) groups excluding carboxylic acids is 1. The molecule has 43 heavy (non-hydrogen) atoms. The van der Waals surface area contributed by atoms with Crippen LogP contribution in [0.2, 0.25) is 0 Å². The molecule has 5 heteroatoms. The van der Waals surface area contributed by atoms with E-state index in [9.17, 15) is 20.1 Å². The second-order valence-corrected chi connectivity index (χ2v) is 12.4. The highest BCUT2D eigenvalue weighted by molar-refractivity contribution is 5.80. The van der Waals surface area contributed by atoms with Crippen LogP contribution in [0.3, 0.4) is 0 Å². The number of carbonyl (C=O) groups is 1. The zero-order valence-corrected chi connectivity index (χ0v) is 28.3. The first-order chi connectivity index (χ1) is 21.1. The van der Waals surface area contributed by atoms with Crippen LogP contribution in [0.1, 0.15) is 174 Å². The molecular formula is C38H71NO4. The first-order valence-electron chi connectivity index (χ1n) is 18.3. The van der Waals surface area contributed by atoms with Gasteiger partial charge in [0.2, 0.25) is 5.91 Å². The molecule has 1 amide bonds. The maximum Gasteiger partial charge on any atom is 0.249 e. The molecule has 0 radical (unpaired) electrons. The molecule has 0 fully saturated rings. The molecular weight excluding hydrogens is 534 g/mol. The van der Waals surface area contributed by atoms with Crippen LogP contribution in [-0.4, -0.2) is 46.1 Å². The normalized spacial score (nSPS) is 14.3. The number of hydrogen-bond acceptors (Lipinski definition) is 4. The van der Waals surface area contributed by atoms with Crippen molar-refractivity contribution in [2.75, 3.05) is 6.61 Å². The van der Waals surface area contributed by atoms with Gasteiger partial charge in [-0.25, -0.2) is 0 Å². The molecule has 3 unspecified atom stereocenters. The number of allylic oxidation sites excluding steroid dienone is 5. The molecule has 252 valence electrons. The maximum atomic E-state index is 12.3. The van der Waals surface area contributed by atoms with Gasteiger partial charge in [0.15, 0.2) is 0 Å². The highest BCUT2D eigenvalue weighted by Crippen LogP contribution is 2.13. The Labute approximate surface area is 266 Å². The Morgan fingerprint density at radius 2 is 0.977 bits per heavy atom. The predicted molar refractivity (Wildman–Crippen MR) is 185 cm³/mol. The summed E-state index contributed by atoms with van der Waals surface area (Å²) in [6.45, 7) is 4.10. The molecule has 5 nitrogen and oxygen atoms in total. The highest BCUT2D eigenvalue weighted by atomic mass is 16.3. The number of amides is 1. The van der Waals surface area contributed by atoms with Gasteiger partial charge in [-0.15, -0.1) is 0 Å². The average Bonchev–Trinajstić information content (AvgIpc) is 3.01. The van der Waals surface area contributed by atoms with E-state index in [0.717, 1.165) is 57.8 Å². The third-order valence-electron chi connectivity index (χ3n) is 8.20. The van der Waals surface area contributed by atoms with Gasteiger partial charge in [-0.05, 0) is 51.4 Å². The van der Waals surface area contributed by atoms with Crippen molar-refractivity contribution in [1.29, 1.82) is 0 Å². The lowest BCUT2D eigenvalue weighted by molar-refractivity contribution is -0.131. The molecule has 0 rings (SSSR count). The van der Waals surface area contributed by atoms with E-state index in [2.05, 4.69) is 43.5 Å². The summed E-state index contributed by atoms with van der Waals surface area (Å²) in [5.41, 5.74) is 0. The maximum absolute atomic E-state index is 12.3. The summed E-state index contributed by atoms with van der Waals surface area (Å²) in [5.74, 6) is -0.526. The van der Waals surface area contributed by atoms with Gasteiger partial charge in [-0.3, -0.25) is 4.79 Å². The smallest absolute Gasteiger partial charge is 0.249 e. The van der Waals surface area contributed by atoms with Crippen molar-refractivity contribution >= 4 is 5.91 Å². The van der Waals surface area contributed by atoms with Crippen LogP contribution in [0.4, 0.5) is 0 Å². The minimum Gasteiger partial charge on any atom is -0.394 e. The lowest BCUT2D eigenvalue weighted by Gasteiger charge is -2.21. The van der Waals surface area contributed by atoms with Crippen molar-refractivity contribution in [3.8, 4) is 0 Å². The topological polar surface area (TPSA) is 89.8 Å². The number of aliphatic hydroxyl groups excluding tert-OH is 3. The van der Waals surface area contributed by atoms with Gasteiger partial charge in [-0.1, -0.05) is 159 Å². The minimum absolute atomic E-state index is 0.380. The summed E-state index contributed by atoms with van der Waals surface area (Å²) >= 11 is 0. The largest absolute Gasteiger partial charge is 0.394 e. The zero-order chi connectivity index (χ0) is 31.6. The molecule has 0 bridgehead atoms. The van der Waals surface area contributed by atoms with Crippen molar-refractivity contribution < 1.29 is 20.1 Å². The van der Waals surface area contributed by atoms with E-state index in [1.54, 1.807) is 6.08 Å². The molecule has 0 aromatic carbocycles. The van der Waals surface area contributed by atoms with Gasteiger partial charge in [-0.2, -0.15) is 0 Å². The van der Waals surface area contributed by atoms with Gasteiger partial charge in [0.1, 0.15) is 6.10 Å². The fourth-order valence-corrected chi connectivity index (χ4v) is 5.24. The summed E-state index contributed by atoms with van der Waals surface area (Å²) < 4.78 is 0. The van der Waals surface area contributed by atoms with Crippen molar-refractivity contribution in [3.05, 3.63) is 36.5 Å². The molecule has 0 saturated carbocycles. The lowest BCUT2D eigenvalue weighted by atomic mass is 10.0. The van der Waals surface area contributed by atoms with Crippen LogP contribution >= 0.6 is 0 Å². The Kier molecular flexibility index (Phi) is 32.3. The van der Waals surface area contributed by atoms with Gasteiger partial charge in [0, 0.05) is 0 Å². The van der Waals surface area contributed by atoms with E-state index < -0.39 is 24.2 Å². The molecule has 0 aromatic rings. The second-order valence-electron chi connectivity index (χ2n) is 12.4. The van der Waals surface area contributed by atoms with Crippen LogP contribution in [0.5, 0.6) is 0 Å². The molecule has 0 aliphatic heterocycles. The summed E-state index contributed by atoms with van der Waals surface area (Å²) in [5, 5.41) is 32.8. The number of rotatable bonds is 32. The molecule has 0 saturated heterocycles. The Bertz CT molecular complexity index is 675. The first-order valence-corrected chi connectivity index (χ1v) is 18.3. The quantitative estimate of drug-likeness (QED) is 0.0454. The van der Waals surface area contributed by atoms with E-state index in [-0.39, 0.29) is 6.61 Å². The standard InChI is InChI=1S/C38H71NO4/c1-3-5-7-9-11-13-15-16-17-18-19-20-21-22-23-25-26-28-30-32-36(41)35(34-40)39-38(43)37(42)33-31-29-27-24-14-12-10-8-6-4-2/h10,12,23,25,30,32,35-37,40-42H,3-9,11,13-22,24,26-29,31,33-34H2,1-2H3,(H,39,43)/b12-10-,25-23+,32-30+. The van der Waals surface area contributed by atoms with Crippen LogP contribution in [0, 0.1) is 0 Å². The van der Waals surface area contributed by atoms with E-state index in [1.807, 2.05) is 6.08 Å². The molecule has 0 spiro atoms. The van der Waals surface area contributed by atoms with Crippen LogP contribution in [0.25, 0.3) is 0 Å². The molecule has 0 aliphatic carbocycles. The lowest BCUT2D eigenvalue weighted by Crippen LogP contribution is -2.48. The Balaban J connectivity index is 3.79. The van der Waals surface area contributed by atoms with Gasteiger partial charge >= 0.3 is 0 Å². The number of hydrogen-bond donors (Lipinski definition) is 4. The van der Waals surface area contributed by atoms with Gasteiger partial charge in [0.05, 0.1) is 18.8 Å². The molecule has 0 aromatic heterocycles. The average molecular weight is 606 g/mol. The summed E-state index contributed by atoms with van der Waals surface area (Å²) in [6, 6.07) is -0.816. The SMILES string of the molecule is CCCC/C=C\CCCCCCC(O)C(=O)NC(CO)C(O)/C=C/CC/C=C/CCCCCCCCCCCCCCC. The number of aliphatic hydroxyl groups is 3. The minimum atomic E-state index is -1.11. The fourth-order valence-electron chi connectivity index (χ4n) is 5.24. The zero-order valence-electron chi connectivity index (χ0n) is 28.3. The van der Waals surface area contributed by atoms with Crippen molar-refractivity contribution in [2.24, 2.45) is 0 Å². The fraction of sp³-hybridized carbons (Fsp3) is 0.816. The summed E-state index contributed by atoms with van der Waals surface area (Å²) in [4.78, 5) is 12.3.